The predicted molar refractivity (Wildman–Crippen MR) is 46.1 cm³/mol. The lowest BCUT2D eigenvalue weighted by atomic mass is 9.87. The van der Waals surface area contributed by atoms with Gasteiger partial charge in [-0.05, 0) is 0 Å². The van der Waals surface area contributed by atoms with Crippen LogP contribution in [0.4, 0.5) is 79.0 Å². The van der Waals surface area contributed by atoms with Crippen LogP contribution >= 0.6 is 0 Å². The van der Waals surface area contributed by atoms with Crippen molar-refractivity contribution in [2.45, 2.75) is 42.2 Å². The van der Waals surface area contributed by atoms with Gasteiger partial charge >= 0.3 is 42.2 Å². The highest BCUT2D eigenvalue weighted by molar-refractivity contribution is 5.37. The van der Waals surface area contributed by atoms with Crippen LogP contribution in [0.5, 0.6) is 0 Å². The molecule has 0 aliphatic carbocycles. The first-order valence-corrected chi connectivity index (χ1v) is 5.40. The van der Waals surface area contributed by atoms with E-state index in [1.165, 1.54) is 0 Å². The average molecular weight is 450 g/mol. The molecule has 0 rings (SSSR count). The molecule has 0 heterocycles. The van der Waals surface area contributed by atoms with Crippen molar-refractivity contribution in [3.05, 3.63) is 11.4 Å². The Morgan fingerprint density at radius 2 is 0.593 bits per heavy atom. The molecule has 0 radical (unpaired) electrons. The number of hydrogen-bond donors (Lipinski definition) is 0. The fourth-order valence-electron chi connectivity index (χ4n) is 1.50. The van der Waals surface area contributed by atoms with Gasteiger partial charge in [-0.25, -0.2) is 13.2 Å². The molecule has 0 bridgehead atoms. The number of halogens is 18. The van der Waals surface area contributed by atoms with Crippen LogP contribution in [0.2, 0.25) is 0 Å². The summed E-state index contributed by atoms with van der Waals surface area (Å²) in [5.74, 6) is -5.76. The minimum absolute atomic E-state index is 5.74. The van der Waals surface area contributed by atoms with Gasteiger partial charge in [-0.3, -0.25) is 0 Å². The predicted octanol–water partition coefficient (Wildman–Crippen LogP) is 6.44. The van der Waals surface area contributed by atoms with Crippen molar-refractivity contribution >= 4 is 0 Å². The third-order valence-corrected chi connectivity index (χ3v) is 2.71. The standard InChI is InChI=1S/C9F18/c10-2(4(12,8(22,23)24)9(25,26)27)1(5(13,14)15)3(11,6(16,17)18)7(19,20)21. The fraction of sp³-hybridized carbons (Fsp3) is 0.778. The zero-order valence-electron chi connectivity index (χ0n) is 11.3. The van der Waals surface area contributed by atoms with Crippen molar-refractivity contribution in [1.29, 1.82) is 0 Å². The Hall–Kier alpha value is -1.52. The summed E-state index contributed by atoms with van der Waals surface area (Å²) in [7, 11) is 0. The van der Waals surface area contributed by atoms with Crippen molar-refractivity contribution < 1.29 is 79.0 Å². The number of allylic oxidation sites excluding steroid dienone is 2. The lowest BCUT2D eigenvalue weighted by molar-refractivity contribution is -0.348. The molecule has 0 aromatic heterocycles. The quantitative estimate of drug-likeness (QED) is 0.425. The van der Waals surface area contributed by atoms with E-state index in [4.69, 9.17) is 0 Å². The summed E-state index contributed by atoms with van der Waals surface area (Å²) in [6, 6.07) is 0. The van der Waals surface area contributed by atoms with Crippen LogP contribution in [-0.4, -0.2) is 42.2 Å². The second-order valence-electron chi connectivity index (χ2n) is 4.49. The molecule has 0 amide bonds. The van der Waals surface area contributed by atoms with Crippen molar-refractivity contribution in [2.75, 3.05) is 0 Å². The van der Waals surface area contributed by atoms with Gasteiger partial charge in [0.25, 0.3) is 0 Å². The summed E-state index contributed by atoms with van der Waals surface area (Å²) in [4.78, 5) is 0. The molecule has 0 atom stereocenters. The van der Waals surface area contributed by atoms with Crippen LogP contribution in [0, 0.1) is 0 Å². The minimum atomic E-state index is -8.17. The maximum Gasteiger partial charge on any atom is 0.438 e. The Kier molecular flexibility index (Phi) is 5.90. The topological polar surface area (TPSA) is 0 Å². The van der Waals surface area contributed by atoms with Gasteiger partial charge in [0.2, 0.25) is 0 Å². The first-order chi connectivity index (χ1) is 11.3. The Morgan fingerprint density at radius 1 is 0.370 bits per heavy atom. The van der Waals surface area contributed by atoms with Crippen molar-refractivity contribution in [1.82, 2.24) is 0 Å². The maximum atomic E-state index is 13.4. The summed E-state index contributed by atoms with van der Waals surface area (Å²) in [5.41, 5.74) is -22.0. The highest BCUT2D eigenvalue weighted by Crippen LogP contribution is 2.60. The first-order valence-electron chi connectivity index (χ1n) is 5.40. The Labute approximate surface area is 134 Å². The van der Waals surface area contributed by atoms with E-state index in [2.05, 4.69) is 0 Å². The van der Waals surface area contributed by atoms with Crippen molar-refractivity contribution in [3.8, 4) is 0 Å². The molecule has 0 unspecified atom stereocenters. The second-order valence-corrected chi connectivity index (χ2v) is 4.49. The monoisotopic (exact) mass is 450 g/mol. The van der Waals surface area contributed by atoms with Crippen LogP contribution in [0.15, 0.2) is 11.4 Å². The highest BCUT2D eigenvalue weighted by Gasteiger charge is 2.84. The Morgan fingerprint density at radius 3 is 0.741 bits per heavy atom. The molecule has 0 aliphatic heterocycles. The van der Waals surface area contributed by atoms with Gasteiger partial charge in [0.1, 0.15) is 5.57 Å². The normalized spacial score (nSPS) is 17.1. The minimum Gasteiger partial charge on any atom is -0.218 e. The molecular formula is C9F18. The van der Waals surface area contributed by atoms with Crippen molar-refractivity contribution in [3.63, 3.8) is 0 Å². The molecule has 27 heavy (non-hydrogen) atoms. The summed E-state index contributed by atoms with van der Waals surface area (Å²) >= 11 is 0. The molecule has 0 nitrogen and oxygen atoms in total. The van der Waals surface area contributed by atoms with Gasteiger partial charge in [0.05, 0.1) is 0 Å². The van der Waals surface area contributed by atoms with E-state index in [1.54, 1.807) is 0 Å². The molecule has 0 fully saturated rings. The molecule has 0 aromatic rings. The van der Waals surface area contributed by atoms with Crippen LogP contribution in [0.1, 0.15) is 0 Å². The van der Waals surface area contributed by atoms with Crippen LogP contribution in [0.3, 0.4) is 0 Å². The van der Waals surface area contributed by atoms with E-state index >= 15 is 0 Å². The number of rotatable bonds is 2. The van der Waals surface area contributed by atoms with Gasteiger partial charge in [-0.2, -0.15) is 65.9 Å². The molecule has 0 N–H and O–H groups in total. The molecule has 18 heteroatoms. The van der Waals surface area contributed by atoms with Gasteiger partial charge in [-0.15, -0.1) is 0 Å². The molecule has 162 valence electrons. The SMILES string of the molecule is FC(=C(C(F)(F)F)C(F)(C(F)(F)F)C(F)(F)F)C(F)(C(F)(F)F)C(F)(F)F. The third-order valence-electron chi connectivity index (χ3n) is 2.71. The molecule has 0 saturated carbocycles. The van der Waals surface area contributed by atoms with Crippen LogP contribution < -0.4 is 0 Å². The molecule has 0 aliphatic rings. The van der Waals surface area contributed by atoms with Crippen LogP contribution in [-0.2, 0) is 0 Å². The third kappa shape index (κ3) is 3.88. The molecule has 0 aromatic carbocycles. The fourth-order valence-corrected chi connectivity index (χ4v) is 1.50. The van der Waals surface area contributed by atoms with Gasteiger partial charge in [0, 0.05) is 0 Å². The average Bonchev–Trinajstić information content (AvgIpc) is 2.29. The lowest BCUT2D eigenvalue weighted by Crippen LogP contribution is -2.61. The molecule has 0 spiro atoms. The van der Waals surface area contributed by atoms with E-state index in [-0.39, 0.29) is 0 Å². The van der Waals surface area contributed by atoms with Crippen LogP contribution in [0.25, 0.3) is 0 Å². The molecule has 0 saturated heterocycles. The summed E-state index contributed by atoms with van der Waals surface area (Å²) in [6.45, 7) is 0. The Bertz CT molecular complexity index is 544. The van der Waals surface area contributed by atoms with Crippen molar-refractivity contribution in [2.24, 2.45) is 0 Å². The summed E-state index contributed by atoms with van der Waals surface area (Å²) in [5, 5.41) is 0. The highest BCUT2D eigenvalue weighted by atomic mass is 19.4. The lowest BCUT2D eigenvalue weighted by Gasteiger charge is -2.36. The zero-order valence-corrected chi connectivity index (χ0v) is 11.3. The summed E-state index contributed by atoms with van der Waals surface area (Å²) < 4.78 is 223. The molecular weight excluding hydrogens is 450 g/mol. The maximum absolute atomic E-state index is 13.4. The van der Waals surface area contributed by atoms with E-state index in [0.29, 0.717) is 0 Å². The first kappa shape index (κ1) is 25.5. The van der Waals surface area contributed by atoms with Gasteiger partial charge in [-0.1, -0.05) is 0 Å². The van der Waals surface area contributed by atoms with E-state index in [9.17, 15) is 79.0 Å². The zero-order chi connectivity index (χ0) is 22.7. The smallest absolute Gasteiger partial charge is 0.218 e. The largest absolute Gasteiger partial charge is 0.438 e. The summed E-state index contributed by atoms with van der Waals surface area (Å²) in [6.07, 6.45) is -39.6. The van der Waals surface area contributed by atoms with E-state index < -0.39 is 53.6 Å². The second kappa shape index (κ2) is 6.25. The van der Waals surface area contributed by atoms with E-state index in [0.717, 1.165) is 0 Å². The number of hydrogen-bond acceptors (Lipinski definition) is 0. The number of alkyl halides is 17. The Balaban J connectivity index is 7.64. The van der Waals surface area contributed by atoms with Gasteiger partial charge in [0.15, 0.2) is 5.83 Å². The van der Waals surface area contributed by atoms with Gasteiger partial charge < -0.3 is 0 Å². The van der Waals surface area contributed by atoms with E-state index in [1.807, 2.05) is 0 Å².